The van der Waals surface area contributed by atoms with Gasteiger partial charge in [-0.05, 0) is 62.4 Å². The molecule has 2 aromatic rings. The Hall–Kier alpha value is -2.84. The van der Waals surface area contributed by atoms with Gasteiger partial charge in [0.25, 0.3) is 0 Å². The van der Waals surface area contributed by atoms with Crippen LogP contribution in [0.1, 0.15) is 49.8 Å². The molecule has 3 amide bonds. The summed E-state index contributed by atoms with van der Waals surface area (Å²) in [6.45, 7) is 5.92. The number of hydrogen-bond acceptors (Lipinski definition) is 5. The summed E-state index contributed by atoms with van der Waals surface area (Å²) in [5.41, 5.74) is 1.53. The van der Waals surface area contributed by atoms with Crippen LogP contribution >= 0.6 is 23.2 Å². The standard InChI is InChI=1S/C29H34Cl2N4O4/c1-18-4-6-21(15-32-18)39-28(38)33(3)25-17-35(16-22(25)20-5-7-23(30)24(31)14-20)26(36)19-8-12-34(13-9-19)27(37)29(2)10-11-29/h4-7,14-15,19,22,25H,8-13,16-17H2,1-3H3/t22-,25+/m0/s1. The van der Waals surface area contributed by atoms with Gasteiger partial charge < -0.3 is 19.4 Å². The number of likely N-dealkylation sites (N-methyl/N-ethyl adjacent to an activating group) is 1. The number of benzene rings is 1. The van der Waals surface area contributed by atoms with Gasteiger partial charge in [0.2, 0.25) is 11.8 Å². The quantitative estimate of drug-likeness (QED) is 0.494. The molecule has 39 heavy (non-hydrogen) atoms. The number of rotatable bonds is 5. The van der Waals surface area contributed by atoms with Crippen LogP contribution in [-0.2, 0) is 9.59 Å². The van der Waals surface area contributed by atoms with Crippen molar-refractivity contribution in [3.63, 3.8) is 0 Å². The largest absolute Gasteiger partial charge is 0.415 e. The second-order valence-electron chi connectivity index (χ2n) is 11.3. The monoisotopic (exact) mass is 572 g/mol. The molecule has 0 N–H and O–H groups in total. The highest BCUT2D eigenvalue weighted by Crippen LogP contribution is 2.47. The molecule has 2 saturated heterocycles. The first-order valence-electron chi connectivity index (χ1n) is 13.5. The van der Waals surface area contributed by atoms with Crippen LogP contribution in [-0.4, -0.2) is 76.9 Å². The van der Waals surface area contributed by atoms with E-state index in [1.807, 2.05) is 29.7 Å². The van der Waals surface area contributed by atoms with Crippen molar-refractivity contribution in [2.45, 2.75) is 51.5 Å². The van der Waals surface area contributed by atoms with Gasteiger partial charge in [-0.25, -0.2) is 4.79 Å². The molecule has 1 aromatic carbocycles. The maximum atomic E-state index is 13.7. The maximum absolute atomic E-state index is 13.7. The molecular weight excluding hydrogens is 539 g/mol. The zero-order valence-corrected chi connectivity index (χ0v) is 24.0. The molecule has 3 fully saturated rings. The average Bonchev–Trinajstić information content (AvgIpc) is 3.53. The Morgan fingerprint density at radius 3 is 2.36 bits per heavy atom. The molecular formula is C29H34Cl2N4O4. The molecule has 1 saturated carbocycles. The van der Waals surface area contributed by atoms with Gasteiger partial charge >= 0.3 is 6.09 Å². The lowest BCUT2D eigenvalue weighted by molar-refractivity contribution is -0.142. The normalized spacial score (nSPS) is 22.5. The maximum Gasteiger partial charge on any atom is 0.415 e. The number of amides is 3. The SMILES string of the molecule is Cc1ccc(OC(=O)N(C)[C@@H]2CN(C(=O)C3CCN(C(=O)C4(C)CC4)CC3)C[C@H]2c2ccc(Cl)c(Cl)c2)cn1. The number of pyridine rings is 1. The van der Waals surface area contributed by atoms with E-state index in [4.69, 9.17) is 27.9 Å². The van der Waals surface area contributed by atoms with Crippen molar-refractivity contribution < 1.29 is 19.1 Å². The van der Waals surface area contributed by atoms with E-state index in [1.165, 1.54) is 6.20 Å². The molecule has 1 aliphatic carbocycles. The fourth-order valence-corrected chi connectivity index (χ4v) is 5.93. The highest BCUT2D eigenvalue weighted by atomic mass is 35.5. The first kappa shape index (κ1) is 27.7. The van der Waals surface area contributed by atoms with E-state index < -0.39 is 6.09 Å². The molecule has 3 aliphatic rings. The van der Waals surface area contributed by atoms with Crippen molar-refractivity contribution >= 4 is 41.1 Å². The lowest BCUT2D eigenvalue weighted by atomic mass is 9.93. The van der Waals surface area contributed by atoms with Gasteiger partial charge in [0, 0.05) is 56.2 Å². The first-order chi connectivity index (χ1) is 18.6. The van der Waals surface area contributed by atoms with Crippen molar-refractivity contribution in [2.75, 3.05) is 33.2 Å². The minimum Gasteiger partial charge on any atom is -0.409 e. The van der Waals surface area contributed by atoms with E-state index in [-0.39, 0.29) is 35.1 Å². The highest BCUT2D eigenvalue weighted by Gasteiger charge is 2.48. The summed E-state index contributed by atoms with van der Waals surface area (Å²) in [5, 5.41) is 0.874. The molecule has 8 nitrogen and oxygen atoms in total. The van der Waals surface area contributed by atoms with E-state index in [0.29, 0.717) is 54.8 Å². The van der Waals surface area contributed by atoms with E-state index >= 15 is 0 Å². The van der Waals surface area contributed by atoms with Gasteiger partial charge in [0.1, 0.15) is 0 Å². The van der Waals surface area contributed by atoms with E-state index in [9.17, 15) is 14.4 Å². The minimum absolute atomic E-state index is 0.0665. The summed E-state index contributed by atoms with van der Waals surface area (Å²) < 4.78 is 5.59. The lowest BCUT2D eigenvalue weighted by Crippen LogP contribution is -2.46. The molecule has 0 bridgehead atoms. The van der Waals surface area contributed by atoms with Crippen LogP contribution in [0.25, 0.3) is 0 Å². The summed E-state index contributed by atoms with van der Waals surface area (Å²) >= 11 is 12.5. The Bertz CT molecular complexity index is 1260. The number of ether oxygens (including phenoxy) is 1. The van der Waals surface area contributed by atoms with Crippen LogP contribution < -0.4 is 4.74 Å². The number of aromatic nitrogens is 1. The number of aryl methyl sites for hydroxylation is 1. The van der Waals surface area contributed by atoms with Gasteiger partial charge in [0.05, 0.1) is 22.3 Å². The summed E-state index contributed by atoms with van der Waals surface area (Å²) in [6, 6.07) is 8.60. The molecule has 3 heterocycles. The van der Waals surface area contributed by atoms with Crippen LogP contribution in [0.2, 0.25) is 10.0 Å². The highest BCUT2D eigenvalue weighted by molar-refractivity contribution is 6.42. The molecule has 1 aromatic heterocycles. The third-order valence-electron chi connectivity index (χ3n) is 8.50. The van der Waals surface area contributed by atoms with E-state index in [1.54, 1.807) is 36.2 Å². The average molecular weight is 574 g/mol. The topological polar surface area (TPSA) is 83.0 Å². The third kappa shape index (κ3) is 5.87. The Morgan fingerprint density at radius 1 is 1.03 bits per heavy atom. The van der Waals surface area contributed by atoms with Gasteiger partial charge in [-0.1, -0.05) is 36.2 Å². The predicted octanol–water partition coefficient (Wildman–Crippen LogP) is 5.16. The van der Waals surface area contributed by atoms with E-state index in [2.05, 4.69) is 4.98 Å². The van der Waals surface area contributed by atoms with Crippen molar-refractivity contribution in [1.29, 1.82) is 0 Å². The predicted molar refractivity (Wildman–Crippen MR) is 149 cm³/mol. The summed E-state index contributed by atoms with van der Waals surface area (Å²) in [4.78, 5) is 49.1. The smallest absolute Gasteiger partial charge is 0.409 e. The van der Waals surface area contributed by atoms with Gasteiger partial charge in [-0.3, -0.25) is 14.6 Å². The Labute approximate surface area is 239 Å². The number of carbonyl (C=O) groups excluding carboxylic acids is 3. The first-order valence-corrected chi connectivity index (χ1v) is 14.2. The molecule has 0 radical (unpaired) electrons. The Balaban J connectivity index is 1.30. The summed E-state index contributed by atoms with van der Waals surface area (Å²) in [5.74, 6) is 0.324. The van der Waals surface area contributed by atoms with Gasteiger partial charge in [-0.2, -0.15) is 0 Å². The molecule has 5 rings (SSSR count). The van der Waals surface area contributed by atoms with Crippen LogP contribution in [0.15, 0.2) is 36.5 Å². The second-order valence-corrected chi connectivity index (χ2v) is 12.1. The zero-order chi connectivity index (χ0) is 27.9. The van der Waals surface area contributed by atoms with E-state index in [0.717, 1.165) is 24.1 Å². The van der Waals surface area contributed by atoms with Gasteiger partial charge in [0.15, 0.2) is 5.75 Å². The Kier molecular flexibility index (Phi) is 7.80. The summed E-state index contributed by atoms with van der Waals surface area (Å²) in [6.07, 6.45) is 4.20. The molecule has 208 valence electrons. The second kappa shape index (κ2) is 11.0. The zero-order valence-electron chi connectivity index (χ0n) is 22.5. The van der Waals surface area contributed by atoms with Crippen LogP contribution in [0.4, 0.5) is 4.79 Å². The van der Waals surface area contributed by atoms with Crippen molar-refractivity contribution in [3.8, 4) is 5.75 Å². The molecule has 0 unspecified atom stereocenters. The number of halogens is 2. The third-order valence-corrected chi connectivity index (χ3v) is 9.23. The summed E-state index contributed by atoms with van der Waals surface area (Å²) in [7, 11) is 1.69. The molecule has 2 atom stereocenters. The van der Waals surface area contributed by atoms with Crippen molar-refractivity contribution in [3.05, 3.63) is 57.8 Å². The molecule has 0 spiro atoms. The van der Waals surface area contributed by atoms with Crippen LogP contribution in [0.5, 0.6) is 5.75 Å². The number of likely N-dealkylation sites (tertiary alicyclic amines) is 2. The molecule has 10 heteroatoms. The fourth-order valence-electron chi connectivity index (χ4n) is 5.62. The number of nitrogens with zero attached hydrogens (tertiary/aromatic N) is 4. The van der Waals surface area contributed by atoms with Gasteiger partial charge in [-0.15, -0.1) is 0 Å². The molecule has 2 aliphatic heterocycles. The van der Waals surface area contributed by atoms with Crippen LogP contribution in [0, 0.1) is 18.3 Å². The lowest BCUT2D eigenvalue weighted by Gasteiger charge is -2.34. The van der Waals surface area contributed by atoms with Crippen molar-refractivity contribution in [2.24, 2.45) is 11.3 Å². The minimum atomic E-state index is -0.523. The van der Waals surface area contributed by atoms with Crippen molar-refractivity contribution in [1.82, 2.24) is 19.7 Å². The Morgan fingerprint density at radius 2 is 1.74 bits per heavy atom. The number of carbonyl (C=O) groups is 3. The van der Waals surface area contributed by atoms with Crippen LogP contribution in [0.3, 0.4) is 0 Å². The number of piperidine rings is 1. The fraction of sp³-hybridized carbons (Fsp3) is 0.517. The number of hydrogen-bond donors (Lipinski definition) is 0.